The van der Waals surface area contributed by atoms with Gasteiger partial charge in [-0.2, -0.15) is 5.10 Å². The Labute approximate surface area is 72.3 Å². The van der Waals surface area contributed by atoms with E-state index in [1.807, 2.05) is 6.20 Å². The van der Waals surface area contributed by atoms with E-state index < -0.39 is 0 Å². The molecule has 0 bridgehead atoms. The van der Waals surface area contributed by atoms with Gasteiger partial charge in [0.2, 0.25) is 0 Å². The van der Waals surface area contributed by atoms with E-state index in [4.69, 9.17) is 4.74 Å². The molecule has 0 spiro atoms. The van der Waals surface area contributed by atoms with Crippen molar-refractivity contribution < 1.29 is 4.74 Å². The molecule has 0 amide bonds. The molecular weight excluding hydrogens is 152 g/mol. The Morgan fingerprint density at radius 3 is 2.92 bits per heavy atom. The molecule has 2 rings (SSSR count). The molecule has 66 valence electrons. The highest BCUT2D eigenvalue weighted by atomic mass is 16.5. The summed E-state index contributed by atoms with van der Waals surface area (Å²) in [5.74, 6) is 0.935. The second-order valence-corrected chi connectivity index (χ2v) is 3.19. The zero-order valence-corrected chi connectivity index (χ0v) is 7.58. The molecule has 1 saturated carbocycles. The number of hydrogen-bond acceptors (Lipinski definition) is 2. The van der Waals surface area contributed by atoms with E-state index in [1.165, 1.54) is 18.5 Å². The average molecular weight is 166 g/mol. The van der Waals surface area contributed by atoms with Gasteiger partial charge in [-0.15, -0.1) is 0 Å². The van der Waals surface area contributed by atoms with Crippen molar-refractivity contribution in [1.82, 2.24) is 9.78 Å². The molecular formula is C9H14N2O. The van der Waals surface area contributed by atoms with Crippen molar-refractivity contribution in [3.8, 4) is 5.75 Å². The van der Waals surface area contributed by atoms with E-state index in [0.29, 0.717) is 6.04 Å². The van der Waals surface area contributed by atoms with Gasteiger partial charge < -0.3 is 4.74 Å². The van der Waals surface area contributed by atoms with Gasteiger partial charge in [-0.05, 0) is 19.3 Å². The highest BCUT2D eigenvalue weighted by molar-refractivity contribution is 5.26. The summed E-state index contributed by atoms with van der Waals surface area (Å²) in [5, 5.41) is 4.31. The standard InChI is InChI=1S/C9H14N2O/c1-3-8-9(12-2)6-10-11(8)7-4-5-7/h6-7H,3-5H2,1-2H3. The van der Waals surface area contributed by atoms with Crippen LogP contribution in [0, 0.1) is 0 Å². The fourth-order valence-corrected chi connectivity index (χ4v) is 1.51. The molecule has 0 aliphatic heterocycles. The van der Waals surface area contributed by atoms with E-state index >= 15 is 0 Å². The van der Waals surface area contributed by atoms with Crippen molar-refractivity contribution in [3.05, 3.63) is 11.9 Å². The van der Waals surface area contributed by atoms with Crippen LogP contribution in [0.2, 0.25) is 0 Å². The van der Waals surface area contributed by atoms with E-state index in [9.17, 15) is 0 Å². The van der Waals surface area contributed by atoms with Gasteiger partial charge in [0.1, 0.15) is 0 Å². The van der Waals surface area contributed by atoms with Gasteiger partial charge in [0, 0.05) is 0 Å². The Balaban J connectivity index is 2.33. The van der Waals surface area contributed by atoms with Gasteiger partial charge in [-0.25, -0.2) is 0 Å². The van der Waals surface area contributed by atoms with Gasteiger partial charge >= 0.3 is 0 Å². The van der Waals surface area contributed by atoms with Gasteiger partial charge in [-0.3, -0.25) is 4.68 Å². The second kappa shape index (κ2) is 2.81. The fraction of sp³-hybridized carbons (Fsp3) is 0.667. The van der Waals surface area contributed by atoms with Crippen LogP contribution in [0.4, 0.5) is 0 Å². The Morgan fingerprint density at radius 1 is 1.67 bits per heavy atom. The summed E-state index contributed by atoms with van der Waals surface area (Å²) in [6.07, 6.45) is 5.37. The van der Waals surface area contributed by atoms with Crippen LogP contribution in [-0.4, -0.2) is 16.9 Å². The average Bonchev–Trinajstić information content (AvgIpc) is 2.85. The van der Waals surface area contributed by atoms with Crippen LogP contribution in [0.1, 0.15) is 31.5 Å². The first-order valence-electron chi connectivity index (χ1n) is 4.47. The van der Waals surface area contributed by atoms with Gasteiger partial charge in [0.25, 0.3) is 0 Å². The topological polar surface area (TPSA) is 27.1 Å². The van der Waals surface area contributed by atoms with Crippen LogP contribution in [0.5, 0.6) is 5.75 Å². The lowest BCUT2D eigenvalue weighted by Gasteiger charge is -2.04. The highest BCUT2D eigenvalue weighted by Gasteiger charge is 2.27. The normalized spacial score (nSPS) is 16.5. The van der Waals surface area contributed by atoms with Crippen LogP contribution in [-0.2, 0) is 6.42 Å². The van der Waals surface area contributed by atoms with E-state index in [2.05, 4.69) is 16.7 Å². The zero-order valence-electron chi connectivity index (χ0n) is 7.58. The summed E-state index contributed by atoms with van der Waals surface area (Å²) in [5.41, 5.74) is 1.24. The summed E-state index contributed by atoms with van der Waals surface area (Å²) >= 11 is 0. The quantitative estimate of drug-likeness (QED) is 0.684. The second-order valence-electron chi connectivity index (χ2n) is 3.19. The number of aromatic nitrogens is 2. The number of hydrogen-bond donors (Lipinski definition) is 0. The lowest BCUT2D eigenvalue weighted by atomic mass is 10.3. The SMILES string of the molecule is CCc1c(OC)cnn1C1CC1. The van der Waals surface area contributed by atoms with Crippen molar-refractivity contribution >= 4 is 0 Å². The lowest BCUT2D eigenvalue weighted by Crippen LogP contribution is -2.01. The Bertz CT molecular complexity index is 276. The molecule has 1 aliphatic rings. The Hall–Kier alpha value is -0.990. The molecule has 3 nitrogen and oxygen atoms in total. The third-order valence-corrected chi connectivity index (χ3v) is 2.31. The Kier molecular flexibility index (Phi) is 1.79. The number of ether oxygens (including phenoxy) is 1. The first-order chi connectivity index (χ1) is 5.86. The summed E-state index contributed by atoms with van der Waals surface area (Å²) in [6.45, 7) is 2.14. The molecule has 0 atom stereocenters. The minimum atomic E-state index is 0.656. The molecule has 1 heterocycles. The minimum Gasteiger partial charge on any atom is -0.493 e. The maximum absolute atomic E-state index is 5.21. The number of rotatable bonds is 3. The molecule has 0 N–H and O–H groups in total. The van der Waals surface area contributed by atoms with Gasteiger partial charge in [-0.1, -0.05) is 6.92 Å². The van der Waals surface area contributed by atoms with Crippen molar-refractivity contribution in [2.45, 2.75) is 32.2 Å². The summed E-state index contributed by atoms with van der Waals surface area (Å²) in [6, 6.07) is 0.656. The van der Waals surface area contributed by atoms with Crippen molar-refractivity contribution in [1.29, 1.82) is 0 Å². The molecule has 12 heavy (non-hydrogen) atoms. The fourth-order valence-electron chi connectivity index (χ4n) is 1.51. The third-order valence-electron chi connectivity index (χ3n) is 2.31. The molecule has 0 unspecified atom stereocenters. The highest BCUT2D eigenvalue weighted by Crippen LogP contribution is 2.37. The lowest BCUT2D eigenvalue weighted by molar-refractivity contribution is 0.407. The summed E-state index contributed by atoms with van der Waals surface area (Å²) in [7, 11) is 1.70. The van der Waals surface area contributed by atoms with Gasteiger partial charge in [0.05, 0.1) is 25.0 Å². The molecule has 0 radical (unpaired) electrons. The minimum absolute atomic E-state index is 0.656. The molecule has 1 aromatic rings. The van der Waals surface area contributed by atoms with Crippen LogP contribution in [0.15, 0.2) is 6.20 Å². The molecule has 1 aromatic heterocycles. The van der Waals surface area contributed by atoms with Gasteiger partial charge in [0.15, 0.2) is 5.75 Å². The molecule has 1 fully saturated rings. The van der Waals surface area contributed by atoms with Crippen molar-refractivity contribution in [2.24, 2.45) is 0 Å². The molecule has 1 aliphatic carbocycles. The van der Waals surface area contributed by atoms with E-state index in [-0.39, 0.29) is 0 Å². The first-order valence-corrected chi connectivity index (χ1v) is 4.47. The maximum Gasteiger partial charge on any atom is 0.159 e. The van der Waals surface area contributed by atoms with E-state index in [0.717, 1.165) is 12.2 Å². The summed E-state index contributed by atoms with van der Waals surface area (Å²) in [4.78, 5) is 0. The maximum atomic E-state index is 5.21. The molecule has 0 aromatic carbocycles. The Morgan fingerprint density at radius 2 is 2.42 bits per heavy atom. The monoisotopic (exact) mass is 166 g/mol. The third kappa shape index (κ3) is 1.09. The summed E-state index contributed by atoms with van der Waals surface area (Å²) < 4.78 is 7.32. The predicted octanol–water partition coefficient (Wildman–Crippen LogP) is 1.79. The zero-order chi connectivity index (χ0) is 8.55. The van der Waals surface area contributed by atoms with Crippen LogP contribution in [0.25, 0.3) is 0 Å². The number of nitrogens with zero attached hydrogens (tertiary/aromatic N) is 2. The van der Waals surface area contributed by atoms with Crippen LogP contribution in [0.3, 0.4) is 0 Å². The van der Waals surface area contributed by atoms with Crippen molar-refractivity contribution in [2.75, 3.05) is 7.11 Å². The van der Waals surface area contributed by atoms with Crippen LogP contribution < -0.4 is 4.74 Å². The molecule has 3 heteroatoms. The number of methoxy groups -OCH3 is 1. The smallest absolute Gasteiger partial charge is 0.159 e. The van der Waals surface area contributed by atoms with Crippen molar-refractivity contribution in [3.63, 3.8) is 0 Å². The van der Waals surface area contributed by atoms with Crippen LogP contribution >= 0.6 is 0 Å². The van der Waals surface area contributed by atoms with E-state index in [1.54, 1.807) is 7.11 Å². The molecule has 0 saturated heterocycles. The predicted molar refractivity (Wildman–Crippen MR) is 46.4 cm³/mol. The first kappa shape index (κ1) is 7.65. The largest absolute Gasteiger partial charge is 0.493 e.